The molecule has 2 unspecified atom stereocenters. The van der Waals surface area contributed by atoms with Crippen molar-refractivity contribution in [2.24, 2.45) is 17.8 Å². The van der Waals surface area contributed by atoms with Crippen molar-refractivity contribution in [1.82, 2.24) is 10.6 Å². The summed E-state index contributed by atoms with van der Waals surface area (Å²) in [6, 6.07) is 13.1. The summed E-state index contributed by atoms with van der Waals surface area (Å²) in [5, 5.41) is 22.6. The number of hydrogen-bond acceptors (Lipinski definition) is 8. The molecule has 4 aliphatic rings. The number of piperidine rings is 2. The maximum Gasteiger partial charge on any atom is 0.264 e. The first-order chi connectivity index (χ1) is 22.5. The molecule has 1 spiro atoms. The van der Waals surface area contributed by atoms with Crippen molar-refractivity contribution in [1.29, 1.82) is 0 Å². The molecular weight excluding hydrogens is 615 g/mol. The van der Waals surface area contributed by atoms with E-state index in [1.807, 2.05) is 62.5 Å². The van der Waals surface area contributed by atoms with Crippen LogP contribution < -0.4 is 26.2 Å². The third-order valence-electron chi connectivity index (χ3n) is 10.6. The van der Waals surface area contributed by atoms with E-state index >= 15 is 0 Å². The van der Waals surface area contributed by atoms with E-state index in [0.717, 1.165) is 44.3 Å². The highest BCUT2D eigenvalue weighted by molar-refractivity contribution is 6.71. The number of carbonyl (C=O) groups is 3. The first-order valence-electron chi connectivity index (χ1n) is 17.1. The van der Waals surface area contributed by atoms with Crippen LogP contribution in [0.15, 0.2) is 42.5 Å². The highest BCUT2D eigenvalue weighted by Gasteiger charge is 2.66. The van der Waals surface area contributed by atoms with E-state index in [0.29, 0.717) is 42.1 Å². The van der Waals surface area contributed by atoms with Gasteiger partial charge in [-0.1, -0.05) is 19.1 Å². The summed E-state index contributed by atoms with van der Waals surface area (Å²) >= 11 is 0. The lowest BCUT2D eigenvalue weighted by atomic mass is 9.82. The molecule has 6 atom stereocenters. The second kappa shape index (κ2) is 13.8. The first-order valence-corrected chi connectivity index (χ1v) is 20.1. The molecule has 0 aliphatic carbocycles. The predicted octanol–water partition coefficient (Wildman–Crippen LogP) is 3.29. The van der Waals surface area contributed by atoms with Gasteiger partial charge in [0.2, 0.25) is 11.8 Å². The number of hydrogen-bond donors (Lipinski definition) is 6. The lowest BCUT2D eigenvalue weighted by molar-refractivity contribution is -0.146. The zero-order valence-corrected chi connectivity index (χ0v) is 28.7. The zero-order valence-electron chi connectivity index (χ0n) is 27.7. The van der Waals surface area contributed by atoms with Crippen molar-refractivity contribution in [2.45, 2.75) is 75.9 Å². The Labute approximate surface area is 278 Å². The lowest BCUT2D eigenvalue weighted by Crippen LogP contribution is -2.46. The van der Waals surface area contributed by atoms with Crippen molar-refractivity contribution in [3.8, 4) is 0 Å². The molecule has 0 saturated carbocycles. The largest absolute Gasteiger partial charge is 0.432 e. The van der Waals surface area contributed by atoms with Crippen LogP contribution in [0.2, 0.25) is 18.6 Å². The minimum atomic E-state index is -2.85. The molecule has 254 valence electrons. The third-order valence-corrected chi connectivity index (χ3v) is 13.1. The maximum absolute atomic E-state index is 14.7. The van der Waals surface area contributed by atoms with Crippen LogP contribution in [0.1, 0.15) is 50.2 Å². The molecule has 6 N–H and O–H groups in total. The number of ether oxygens (including phenoxy) is 1. The normalized spacial score (nSPS) is 29.2. The fourth-order valence-corrected chi connectivity index (χ4v) is 10.8. The summed E-state index contributed by atoms with van der Waals surface area (Å²) in [6.07, 6.45) is 3.44. The van der Waals surface area contributed by atoms with Crippen molar-refractivity contribution >= 4 is 43.1 Å². The molecule has 4 heterocycles. The van der Waals surface area contributed by atoms with Crippen molar-refractivity contribution < 1.29 is 29.0 Å². The number of aliphatic hydroxyl groups excluding tert-OH is 1. The Morgan fingerprint density at radius 2 is 1.57 bits per heavy atom. The van der Waals surface area contributed by atoms with Gasteiger partial charge < -0.3 is 40.8 Å². The van der Waals surface area contributed by atoms with Gasteiger partial charge in [-0.05, 0) is 94.2 Å². The molecule has 2 aromatic carbocycles. The van der Waals surface area contributed by atoms with Crippen LogP contribution in [0.25, 0.3) is 0 Å². The SMILES string of the molecule is C[C@H]1[C@H]([Si](C)(C)O)[C@@H](CCO)O[C@]12C(=O)N(Cc1ccc(NC(=O)C3CCCNC3)cc1)c1ccc(NC(=O)C3CCCNC3)cc12. The van der Waals surface area contributed by atoms with Gasteiger partial charge in [0.1, 0.15) is 0 Å². The van der Waals surface area contributed by atoms with E-state index in [1.165, 1.54) is 0 Å². The highest BCUT2D eigenvalue weighted by atomic mass is 28.4. The minimum absolute atomic E-state index is 0.00731. The number of nitrogens with one attached hydrogen (secondary N) is 4. The lowest BCUT2D eigenvalue weighted by Gasteiger charge is -2.32. The number of benzene rings is 2. The molecule has 2 aromatic rings. The summed E-state index contributed by atoms with van der Waals surface area (Å²) in [7, 11) is -2.85. The van der Waals surface area contributed by atoms with E-state index in [1.54, 1.807) is 4.90 Å². The van der Waals surface area contributed by atoms with Crippen molar-refractivity contribution in [3.63, 3.8) is 0 Å². The van der Waals surface area contributed by atoms with Crippen molar-refractivity contribution in [2.75, 3.05) is 48.3 Å². The fourth-order valence-electron chi connectivity index (χ4n) is 8.23. The average Bonchev–Trinajstić information content (AvgIpc) is 3.49. The third kappa shape index (κ3) is 6.64. The highest BCUT2D eigenvalue weighted by Crippen LogP contribution is 2.60. The molecule has 0 aromatic heterocycles. The molecule has 3 saturated heterocycles. The van der Waals surface area contributed by atoms with Gasteiger partial charge in [-0.25, -0.2) is 0 Å². The van der Waals surface area contributed by atoms with Gasteiger partial charge in [-0.2, -0.15) is 0 Å². The molecule has 3 fully saturated rings. The number of amides is 3. The smallest absolute Gasteiger partial charge is 0.264 e. The number of aliphatic hydroxyl groups is 1. The molecule has 47 heavy (non-hydrogen) atoms. The van der Waals surface area contributed by atoms with Crippen LogP contribution in [0.5, 0.6) is 0 Å². The van der Waals surface area contributed by atoms with Gasteiger partial charge in [0, 0.05) is 48.1 Å². The minimum Gasteiger partial charge on any atom is -0.432 e. The van der Waals surface area contributed by atoms with Crippen LogP contribution >= 0.6 is 0 Å². The Morgan fingerprint density at radius 3 is 2.13 bits per heavy atom. The Balaban J connectivity index is 1.29. The maximum atomic E-state index is 14.7. The molecule has 6 rings (SSSR count). The monoisotopic (exact) mass is 663 g/mol. The van der Waals surface area contributed by atoms with E-state index in [9.17, 15) is 24.3 Å². The molecule has 0 bridgehead atoms. The second-order valence-corrected chi connectivity index (χ2v) is 18.2. The number of nitrogens with zero attached hydrogens (tertiary/aromatic N) is 1. The van der Waals surface area contributed by atoms with Crippen LogP contribution in [0.3, 0.4) is 0 Å². The Hall–Kier alpha value is -3.13. The summed E-state index contributed by atoms with van der Waals surface area (Å²) < 4.78 is 6.75. The average molecular weight is 664 g/mol. The predicted molar refractivity (Wildman–Crippen MR) is 183 cm³/mol. The number of fused-ring (bicyclic) bond motifs is 2. The van der Waals surface area contributed by atoms with Gasteiger partial charge in [-0.15, -0.1) is 0 Å². The summed E-state index contributed by atoms with van der Waals surface area (Å²) in [4.78, 5) is 53.8. The second-order valence-electron chi connectivity index (χ2n) is 14.3. The molecular formula is C35H49N5O6Si. The number of anilines is 3. The van der Waals surface area contributed by atoms with Gasteiger partial charge in [0.05, 0.1) is 30.2 Å². The molecule has 4 aliphatic heterocycles. The zero-order chi connectivity index (χ0) is 33.3. The van der Waals surface area contributed by atoms with Gasteiger partial charge >= 0.3 is 0 Å². The number of carbonyl (C=O) groups excluding carboxylic acids is 3. The van der Waals surface area contributed by atoms with E-state index < -0.39 is 20.0 Å². The Bertz CT molecular complexity index is 1470. The van der Waals surface area contributed by atoms with E-state index in [4.69, 9.17) is 4.74 Å². The first kappa shape index (κ1) is 33.8. The van der Waals surface area contributed by atoms with Crippen LogP contribution in [-0.4, -0.2) is 74.8 Å². The van der Waals surface area contributed by atoms with Crippen LogP contribution in [0.4, 0.5) is 17.1 Å². The van der Waals surface area contributed by atoms with E-state index in [2.05, 4.69) is 21.3 Å². The fraction of sp³-hybridized carbons (Fsp3) is 0.571. The summed E-state index contributed by atoms with van der Waals surface area (Å²) in [5.74, 6) is -0.816. The van der Waals surface area contributed by atoms with Gasteiger partial charge in [0.25, 0.3) is 5.91 Å². The van der Waals surface area contributed by atoms with Crippen LogP contribution in [0, 0.1) is 17.8 Å². The van der Waals surface area contributed by atoms with Crippen LogP contribution in [-0.2, 0) is 31.3 Å². The number of rotatable bonds is 9. The molecule has 0 radical (unpaired) electrons. The van der Waals surface area contributed by atoms with E-state index in [-0.39, 0.29) is 54.2 Å². The van der Waals surface area contributed by atoms with Gasteiger partial charge in [-0.3, -0.25) is 14.4 Å². The molecule has 12 heteroatoms. The summed E-state index contributed by atoms with van der Waals surface area (Å²) in [6.45, 7) is 9.02. The Morgan fingerprint density at radius 1 is 0.979 bits per heavy atom. The van der Waals surface area contributed by atoms with Gasteiger partial charge in [0.15, 0.2) is 13.9 Å². The van der Waals surface area contributed by atoms with Crippen molar-refractivity contribution in [3.05, 3.63) is 53.6 Å². The Kier molecular flexibility index (Phi) is 9.89. The standard InChI is InChI=1S/C35H49N5O6Si/c1-22-31(47(2,3)45)30(14-17-41)46-35(22)28-18-27(39-33(43)25-7-5-16-37-20-25)12-13-29(28)40(34(35)44)21-23-8-10-26(11-9-23)38-32(42)24-6-4-15-36-19-24/h8-13,18,22,24-25,30-31,36-37,41,45H,4-7,14-17,19-21H2,1-3H3,(H,38,42)(H,39,43)/t22-,24?,25?,30+,31-,35+/m0/s1. The quantitative estimate of drug-likeness (QED) is 0.224. The molecule has 11 nitrogen and oxygen atoms in total. The molecule has 3 amide bonds. The summed E-state index contributed by atoms with van der Waals surface area (Å²) in [5.41, 5.74) is 1.89. The topological polar surface area (TPSA) is 152 Å².